The minimum atomic E-state index is -0.449. The first-order chi connectivity index (χ1) is 10.7. The maximum atomic E-state index is 11.9. The van der Waals surface area contributed by atoms with E-state index in [1.54, 1.807) is 7.11 Å². The second kappa shape index (κ2) is 7.31. The van der Waals surface area contributed by atoms with E-state index in [0.29, 0.717) is 13.0 Å². The normalized spacial score (nSPS) is 10.1. The molecule has 0 bridgehead atoms. The van der Waals surface area contributed by atoms with Crippen LogP contribution >= 0.6 is 0 Å². The molecular formula is C16H17NO5. The lowest BCUT2D eigenvalue weighted by Gasteiger charge is -2.08. The van der Waals surface area contributed by atoms with E-state index in [1.165, 1.54) is 7.11 Å². The summed E-state index contributed by atoms with van der Waals surface area (Å²) < 4.78 is 15.1. The second-order valence-electron chi connectivity index (χ2n) is 4.49. The van der Waals surface area contributed by atoms with E-state index in [1.807, 2.05) is 24.3 Å². The van der Waals surface area contributed by atoms with E-state index < -0.39 is 11.3 Å². The van der Waals surface area contributed by atoms with Gasteiger partial charge in [-0.3, -0.25) is 9.59 Å². The van der Waals surface area contributed by atoms with Crippen LogP contribution in [0, 0.1) is 0 Å². The molecule has 116 valence electrons. The number of hydrogen-bond donors (Lipinski definition) is 1. The summed E-state index contributed by atoms with van der Waals surface area (Å²) in [5.74, 6) is 0.332. The smallest absolute Gasteiger partial charge is 0.287 e. The standard InChI is InChI=1S/C16H17NO5/c1-20-13-6-4-3-5-11(13)7-8-17-16(19)14-9-12(18)15(21-2)10-22-14/h3-6,9-10H,7-8H2,1-2H3,(H,17,19). The Kier molecular flexibility index (Phi) is 5.19. The molecule has 0 fully saturated rings. The van der Waals surface area contributed by atoms with E-state index in [0.717, 1.165) is 23.6 Å². The van der Waals surface area contributed by atoms with Gasteiger partial charge in [-0.25, -0.2) is 0 Å². The maximum absolute atomic E-state index is 11.9. The number of methoxy groups -OCH3 is 2. The number of carbonyl (C=O) groups excluding carboxylic acids is 1. The molecule has 1 heterocycles. The molecule has 0 aliphatic carbocycles. The summed E-state index contributed by atoms with van der Waals surface area (Å²) in [6, 6.07) is 8.69. The SMILES string of the molecule is COc1ccccc1CCNC(=O)c1cc(=O)c(OC)co1. The van der Waals surface area contributed by atoms with E-state index in [2.05, 4.69) is 5.32 Å². The molecule has 1 aromatic carbocycles. The van der Waals surface area contributed by atoms with Crippen molar-refractivity contribution in [3.63, 3.8) is 0 Å². The summed E-state index contributed by atoms with van der Waals surface area (Å²) in [4.78, 5) is 23.5. The van der Waals surface area contributed by atoms with E-state index in [4.69, 9.17) is 13.9 Å². The van der Waals surface area contributed by atoms with Gasteiger partial charge in [-0.1, -0.05) is 18.2 Å². The number of nitrogens with one attached hydrogen (secondary N) is 1. The van der Waals surface area contributed by atoms with Crippen molar-refractivity contribution in [1.82, 2.24) is 5.32 Å². The van der Waals surface area contributed by atoms with Gasteiger partial charge in [0.05, 0.1) is 14.2 Å². The van der Waals surface area contributed by atoms with Crippen molar-refractivity contribution < 1.29 is 18.7 Å². The lowest BCUT2D eigenvalue weighted by atomic mass is 10.1. The Morgan fingerprint density at radius 1 is 1.18 bits per heavy atom. The fraction of sp³-hybridized carbons (Fsp3) is 0.250. The summed E-state index contributed by atoms with van der Waals surface area (Å²) >= 11 is 0. The topological polar surface area (TPSA) is 77.8 Å². The monoisotopic (exact) mass is 303 g/mol. The van der Waals surface area contributed by atoms with Crippen molar-refractivity contribution in [2.24, 2.45) is 0 Å². The Hall–Kier alpha value is -2.76. The Balaban J connectivity index is 1.95. The minimum absolute atomic E-state index is 0.0502. The molecule has 0 atom stereocenters. The first-order valence-corrected chi connectivity index (χ1v) is 6.72. The maximum Gasteiger partial charge on any atom is 0.287 e. The van der Waals surface area contributed by atoms with E-state index in [9.17, 15) is 9.59 Å². The molecule has 0 spiro atoms. The number of hydrogen-bond acceptors (Lipinski definition) is 5. The third kappa shape index (κ3) is 3.66. The van der Waals surface area contributed by atoms with Crippen LogP contribution in [-0.4, -0.2) is 26.7 Å². The molecule has 0 saturated heterocycles. The molecule has 6 nitrogen and oxygen atoms in total. The van der Waals surface area contributed by atoms with Gasteiger partial charge in [0.2, 0.25) is 11.2 Å². The molecule has 0 unspecified atom stereocenters. The molecular weight excluding hydrogens is 286 g/mol. The molecule has 2 aromatic rings. The third-order valence-corrected chi connectivity index (χ3v) is 3.11. The lowest BCUT2D eigenvalue weighted by Crippen LogP contribution is -2.26. The van der Waals surface area contributed by atoms with Gasteiger partial charge in [0.25, 0.3) is 5.91 Å². The molecule has 0 aliphatic rings. The van der Waals surface area contributed by atoms with Crippen LogP contribution in [0.1, 0.15) is 16.1 Å². The Bertz CT molecular complexity index is 708. The van der Waals surface area contributed by atoms with Crippen LogP contribution in [0.15, 0.2) is 45.8 Å². The fourth-order valence-electron chi connectivity index (χ4n) is 1.97. The van der Waals surface area contributed by atoms with Crippen LogP contribution in [0.5, 0.6) is 11.5 Å². The van der Waals surface area contributed by atoms with Gasteiger partial charge >= 0.3 is 0 Å². The molecule has 0 saturated carbocycles. The van der Waals surface area contributed by atoms with Gasteiger partial charge in [0.15, 0.2) is 5.76 Å². The highest BCUT2D eigenvalue weighted by Gasteiger charge is 2.11. The summed E-state index contributed by atoms with van der Waals surface area (Å²) in [6.45, 7) is 0.398. The first-order valence-electron chi connectivity index (χ1n) is 6.72. The van der Waals surface area contributed by atoms with Gasteiger partial charge in [0, 0.05) is 12.6 Å². The van der Waals surface area contributed by atoms with Crippen LogP contribution in [0.3, 0.4) is 0 Å². The van der Waals surface area contributed by atoms with Crippen LogP contribution in [0.2, 0.25) is 0 Å². The molecule has 1 aromatic heterocycles. The van der Waals surface area contributed by atoms with Crippen molar-refractivity contribution in [2.75, 3.05) is 20.8 Å². The highest BCUT2D eigenvalue weighted by atomic mass is 16.5. The number of amides is 1. The number of carbonyl (C=O) groups is 1. The predicted molar refractivity (Wildman–Crippen MR) is 80.6 cm³/mol. The van der Waals surface area contributed by atoms with Gasteiger partial charge in [-0.15, -0.1) is 0 Å². The number of ether oxygens (including phenoxy) is 2. The predicted octanol–water partition coefficient (Wildman–Crippen LogP) is 1.63. The highest BCUT2D eigenvalue weighted by molar-refractivity contribution is 5.91. The quantitative estimate of drug-likeness (QED) is 0.877. The van der Waals surface area contributed by atoms with Crippen LogP contribution in [-0.2, 0) is 6.42 Å². The van der Waals surface area contributed by atoms with Gasteiger partial charge in [-0.05, 0) is 18.1 Å². The number of para-hydroxylation sites is 1. The van der Waals surface area contributed by atoms with Gasteiger partial charge in [0.1, 0.15) is 12.0 Å². The number of rotatable bonds is 6. The summed E-state index contributed by atoms with van der Waals surface area (Å²) in [5.41, 5.74) is 0.588. The zero-order chi connectivity index (χ0) is 15.9. The molecule has 6 heteroatoms. The molecule has 0 aliphatic heterocycles. The summed E-state index contributed by atoms with van der Waals surface area (Å²) in [5, 5.41) is 2.70. The molecule has 0 radical (unpaired) electrons. The minimum Gasteiger partial charge on any atom is -0.496 e. The summed E-state index contributed by atoms with van der Waals surface area (Å²) in [6.07, 6.45) is 1.73. The lowest BCUT2D eigenvalue weighted by molar-refractivity contribution is 0.0923. The van der Waals surface area contributed by atoms with Crippen molar-refractivity contribution in [2.45, 2.75) is 6.42 Å². The Morgan fingerprint density at radius 2 is 1.91 bits per heavy atom. The average Bonchev–Trinajstić information content (AvgIpc) is 2.55. The van der Waals surface area contributed by atoms with Gasteiger partial charge in [-0.2, -0.15) is 0 Å². The first kappa shape index (κ1) is 15.6. The molecule has 2 rings (SSSR count). The number of benzene rings is 1. The Labute approximate surface area is 127 Å². The van der Waals surface area contributed by atoms with Crippen LogP contribution in [0.4, 0.5) is 0 Å². The third-order valence-electron chi connectivity index (χ3n) is 3.11. The molecule has 22 heavy (non-hydrogen) atoms. The van der Waals surface area contributed by atoms with Crippen LogP contribution in [0.25, 0.3) is 0 Å². The van der Waals surface area contributed by atoms with E-state index in [-0.39, 0.29) is 11.5 Å². The molecule has 1 N–H and O–H groups in total. The van der Waals surface area contributed by atoms with Crippen molar-refractivity contribution in [1.29, 1.82) is 0 Å². The Morgan fingerprint density at radius 3 is 2.59 bits per heavy atom. The van der Waals surface area contributed by atoms with Crippen molar-refractivity contribution >= 4 is 5.91 Å². The van der Waals surface area contributed by atoms with Crippen molar-refractivity contribution in [3.05, 3.63) is 58.1 Å². The second-order valence-corrected chi connectivity index (χ2v) is 4.49. The zero-order valence-corrected chi connectivity index (χ0v) is 12.4. The summed E-state index contributed by atoms with van der Waals surface area (Å²) in [7, 11) is 2.96. The fourth-order valence-corrected chi connectivity index (χ4v) is 1.97. The zero-order valence-electron chi connectivity index (χ0n) is 12.4. The van der Waals surface area contributed by atoms with Crippen LogP contribution < -0.4 is 20.2 Å². The average molecular weight is 303 g/mol. The largest absolute Gasteiger partial charge is 0.496 e. The van der Waals surface area contributed by atoms with Gasteiger partial charge < -0.3 is 19.2 Å². The highest BCUT2D eigenvalue weighted by Crippen LogP contribution is 2.17. The van der Waals surface area contributed by atoms with E-state index >= 15 is 0 Å². The molecule has 1 amide bonds. The van der Waals surface area contributed by atoms with Crippen molar-refractivity contribution in [3.8, 4) is 11.5 Å².